The molecule has 2 atom stereocenters. The third-order valence-electron chi connectivity index (χ3n) is 3.65. The zero-order chi connectivity index (χ0) is 11.6. The Bertz CT molecular complexity index is 321. The second-order valence-electron chi connectivity index (χ2n) is 5.04. The monoisotopic (exact) mass is 223 g/mol. The van der Waals surface area contributed by atoms with Crippen LogP contribution >= 0.6 is 0 Å². The molecule has 2 unspecified atom stereocenters. The molecule has 0 spiro atoms. The number of nitrogens with zero attached hydrogens (tertiary/aromatic N) is 1. The summed E-state index contributed by atoms with van der Waals surface area (Å²) in [6.45, 7) is 8.28. The van der Waals surface area contributed by atoms with Gasteiger partial charge in [0.05, 0.1) is 12.3 Å². The van der Waals surface area contributed by atoms with Gasteiger partial charge in [0, 0.05) is 36.4 Å². The Hall–Kier alpha value is -0.870. The van der Waals surface area contributed by atoms with Crippen LogP contribution < -0.4 is 5.32 Å². The van der Waals surface area contributed by atoms with Crippen molar-refractivity contribution in [3.63, 3.8) is 0 Å². The molecule has 1 aromatic heterocycles. The predicted octanol–water partition coefficient (Wildman–Crippen LogP) is 1.70. The van der Waals surface area contributed by atoms with Gasteiger partial charge in [0.25, 0.3) is 0 Å². The molecular formula is C12H21N3O. The molecule has 1 aliphatic rings. The van der Waals surface area contributed by atoms with Crippen molar-refractivity contribution in [1.82, 2.24) is 15.5 Å². The smallest absolute Gasteiger partial charge is 0.0655 e. The lowest BCUT2D eigenvalue weighted by molar-refractivity contribution is -0.114. The number of hydrogen-bond acceptors (Lipinski definition) is 3. The molecule has 0 aliphatic heterocycles. The van der Waals surface area contributed by atoms with Gasteiger partial charge in [-0.1, -0.05) is 13.8 Å². The number of aromatic nitrogens is 2. The summed E-state index contributed by atoms with van der Waals surface area (Å²) >= 11 is 0. The topological polar surface area (TPSA) is 49.9 Å². The van der Waals surface area contributed by atoms with Crippen molar-refractivity contribution in [2.45, 2.75) is 45.9 Å². The number of rotatable bonds is 5. The summed E-state index contributed by atoms with van der Waals surface area (Å²) in [6, 6.07) is 0.541. The molecule has 4 heteroatoms. The van der Waals surface area contributed by atoms with Crippen molar-refractivity contribution in [1.29, 1.82) is 0 Å². The van der Waals surface area contributed by atoms with E-state index in [0.29, 0.717) is 12.1 Å². The van der Waals surface area contributed by atoms with E-state index in [9.17, 15) is 0 Å². The van der Waals surface area contributed by atoms with Crippen LogP contribution in [0.1, 0.15) is 32.8 Å². The van der Waals surface area contributed by atoms with Crippen LogP contribution in [0.2, 0.25) is 0 Å². The van der Waals surface area contributed by atoms with Crippen LogP contribution in [-0.2, 0) is 11.3 Å². The molecule has 1 aliphatic carbocycles. The molecule has 2 N–H and O–H groups in total. The first-order valence-electron chi connectivity index (χ1n) is 5.97. The molecular weight excluding hydrogens is 202 g/mol. The molecule has 0 amide bonds. The molecule has 90 valence electrons. The average Bonchev–Trinajstić information content (AvgIpc) is 2.75. The summed E-state index contributed by atoms with van der Waals surface area (Å²) in [5, 5.41) is 10.3. The van der Waals surface area contributed by atoms with Crippen molar-refractivity contribution in [2.24, 2.45) is 5.41 Å². The Morgan fingerprint density at radius 3 is 3.00 bits per heavy atom. The van der Waals surface area contributed by atoms with Gasteiger partial charge in [-0.2, -0.15) is 5.10 Å². The highest BCUT2D eigenvalue weighted by Crippen LogP contribution is 2.42. The van der Waals surface area contributed by atoms with Gasteiger partial charge in [-0.05, 0) is 13.3 Å². The first kappa shape index (κ1) is 11.6. The summed E-state index contributed by atoms with van der Waals surface area (Å²) in [7, 11) is 0. The molecule has 0 aromatic carbocycles. The third kappa shape index (κ3) is 2.13. The molecule has 0 radical (unpaired) electrons. The third-order valence-corrected chi connectivity index (χ3v) is 3.65. The largest absolute Gasteiger partial charge is 0.378 e. The zero-order valence-corrected chi connectivity index (χ0v) is 10.3. The Kier molecular flexibility index (Phi) is 3.30. The summed E-state index contributed by atoms with van der Waals surface area (Å²) in [4.78, 5) is 0. The van der Waals surface area contributed by atoms with Gasteiger partial charge < -0.3 is 10.1 Å². The Morgan fingerprint density at radius 1 is 1.62 bits per heavy atom. The molecule has 2 rings (SSSR count). The number of H-pyrrole nitrogens is 1. The summed E-state index contributed by atoms with van der Waals surface area (Å²) in [6.07, 6.45) is 5.30. The van der Waals surface area contributed by atoms with E-state index in [-0.39, 0.29) is 5.41 Å². The van der Waals surface area contributed by atoms with Crippen molar-refractivity contribution in [3.8, 4) is 0 Å². The van der Waals surface area contributed by atoms with Crippen molar-refractivity contribution < 1.29 is 4.74 Å². The molecule has 1 fully saturated rings. The molecule has 4 nitrogen and oxygen atoms in total. The van der Waals surface area contributed by atoms with E-state index >= 15 is 0 Å². The number of hydrogen-bond donors (Lipinski definition) is 2. The van der Waals surface area contributed by atoms with E-state index in [1.54, 1.807) is 0 Å². The highest BCUT2D eigenvalue weighted by molar-refractivity contribution is 5.06. The minimum Gasteiger partial charge on any atom is -0.378 e. The first-order chi connectivity index (χ1) is 7.64. The Morgan fingerprint density at radius 2 is 2.44 bits per heavy atom. The summed E-state index contributed by atoms with van der Waals surface area (Å²) in [5.74, 6) is 0. The van der Waals surface area contributed by atoms with Crippen LogP contribution in [0.4, 0.5) is 0 Å². The lowest BCUT2D eigenvalue weighted by Crippen LogP contribution is -2.60. The van der Waals surface area contributed by atoms with Crippen molar-refractivity contribution in [2.75, 3.05) is 6.61 Å². The molecule has 0 saturated heterocycles. The van der Waals surface area contributed by atoms with E-state index in [0.717, 1.165) is 19.6 Å². The minimum atomic E-state index is 0.236. The fraction of sp³-hybridized carbons (Fsp3) is 0.750. The fourth-order valence-corrected chi connectivity index (χ4v) is 2.33. The van der Waals surface area contributed by atoms with Crippen LogP contribution in [0.15, 0.2) is 12.4 Å². The molecule has 0 bridgehead atoms. The van der Waals surface area contributed by atoms with Crippen LogP contribution in [0.3, 0.4) is 0 Å². The quantitative estimate of drug-likeness (QED) is 0.799. The van der Waals surface area contributed by atoms with E-state index < -0.39 is 0 Å². The molecule has 1 saturated carbocycles. The first-order valence-corrected chi connectivity index (χ1v) is 5.97. The van der Waals surface area contributed by atoms with Gasteiger partial charge in [-0.25, -0.2) is 0 Å². The predicted molar refractivity (Wildman–Crippen MR) is 63.0 cm³/mol. The van der Waals surface area contributed by atoms with Crippen molar-refractivity contribution >= 4 is 0 Å². The zero-order valence-electron chi connectivity index (χ0n) is 10.3. The van der Waals surface area contributed by atoms with Gasteiger partial charge in [0.2, 0.25) is 0 Å². The van der Waals surface area contributed by atoms with E-state index in [2.05, 4.69) is 36.3 Å². The lowest BCUT2D eigenvalue weighted by Gasteiger charge is -2.51. The van der Waals surface area contributed by atoms with Gasteiger partial charge in [-0.3, -0.25) is 5.10 Å². The average molecular weight is 223 g/mol. The Balaban J connectivity index is 1.80. The fourth-order valence-electron chi connectivity index (χ4n) is 2.33. The highest BCUT2D eigenvalue weighted by Gasteiger charge is 2.48. The van der Waals surface area contributed by atoms with E-state index in [4.69, 9.17) is 4.74 Å². The minimum absolute atomic E-state index is 0.236. The lowest BCUT2D eigenvalue weighted by atomic mass is 9.64. The summed E-state index contributed by atoms with van der Waals surface area (Å²) < 4.78 is 5.70. The van der Waals surface area contributed by atoms with Crippen LogP contribution in [0, 0.1) is 5.41 Å². The van der Waals surface area contributed by atoms with Crippen LogP contribution in [-0.4, -0.2) is 29.0 Å². The standard InChI is InChI=1S/C12H21N3O/c1-4-16-11-5-10(12(11,2)3)13-6-9-7-14-15-8-9/h7-8,10-11,13H,4-6H2,1-3H3,(H,14,15). The molecule has 1 heterocycles. The van der Waals surface area contributed by atoms with Gasteiger partial charge in [0.15, 0.2) is 0 Å². The maximum Gasteiger partial charge on any atom is 0.0655 e. The van der Waals surface area contributed by atoms with Crippen molar-refractivity contribution in [3.05, 3.63) is 18.0 Å². The number of aromatic amines is 1. The van der Waals surface area contributed by atoms with Crippen LogP contribution in [0.25, 0.3) is 0 Å². The Labute approximate surface area is 96.8 Å². The molecule has 1 aromatic rings. The van der Waals surface area contributed by atoms with E-state index in [1.165, 1.54) is 5.56 Å². The van der Waals surface area contributed by atoms with E-state index in [1.807, 2.05) is 12.4 Å². The normalized spacial score (nSPS) is 27.7. The van der Waals surface area contributed by atoms with Gasteiger partial charge in [-0.15, -0.1) is 0 Å². The molecule has 16 heavy (non-hydrogen) atoms. The second-order valence-corrected chi connectivity index (χ2v) is 5.04. The number of nitrogens with one attached hydrogen (secondary N) is 2. The van der Waals surface area contributed by atoms with Gasteiger partial charge in [0.1, 0.15) is 0 Å². The summed E-state index contributed by atoms with van der Waals surface area (Å²) in [5.41, 5.74) is 1.44. The van der Waals surface area contributed by atoms with Gasteiger partial charge >= 0.3 is 0 Å². The maximum absolute atomic E-state index is 5.70. The van der Waals surface area contributed by atoms with Crippen LogP contribution in [0.5, 0.6) is 0 Å². The number of ether oxygens (including phenoxy) is 1. The SMILES string of the molecule is CCOC1CC(NCc2cn[nH]c2)C1(C)C. The highest BCUT2D eigenvalue weighted by atomic mass is 16.5. The second kappa shape index (κ2) is 4.55. The maximum atomic E-state index is 5.70.